The Morgan fingerprint density at radius 3 is 2.50 bits per heavy atom. The van der Waals surface area contributed by atoms with Crippen LogP contribution in [0, 0.1) is 26.6 Å². The van der Waals surface area contributed by atoms with Gasteiger partial charge in [0, 0.05) is 5.69 Å². The highest BCUT2D eigenvalue weighted by Gasteiger charge is 2.45. The van der Waals surface area contributed by atoms with E-state index in [0.29, 0.717) is 21.1 Å². The van der Waals surface area contributed by atoms with Crippen LogP contribution in [0.1, 0.15) is 37.5 Å². The number of carbonyl (C=O) groups excluding carboxylic acids is 2. The number of anilines is 1. The zero-order chi connectivity index (χ0) is 21.6. The second-order valence-electron chi connectivity index (χ2n) is 7.21. The van der Waals surface area contributed by atoms with E-state index >= 15 is 0 Å². The van der Waals surface area contributed by atoms with E-state index in [1.165, 1.54) is 34.4 Å². The summed E-state index contributed by atoms with van der Waals surface area (Å²) < 4.78 is 13.9. The monoisotopic (exact) mass is 422 g/mol. The van der Waals surface area contributed by atoms with Crippen molar-refractivity contribution in [2.45, 2.75) is 26.8 Å². The van der Waals surface area contributed by atoms with Crippen LogP contribution in [0.4, 0.5) is 10.1 Å². The summed E-state index contributed by atoms with van der Waals surface area (Å²) in [5.41, 5.74) is 2.36. The molecule has 0 radical (unpaired) electrons. The number of amides is 1. The minimum Gasteiger partial charge on any atom is -0.503 e. The fraction of sp³-hybridized carbons (Fsp3) is 0.174. The van der Waals surface area contributed by atoms with Gasteiger partial charge >= 0.3 is 0 Å². The number of thiazole rings is 1. The molecule has 7 heteroatoms. The van der Waals surface area contributed by atoms with Crippen molar-refractivity contribution < 1.29 is 19.1 Å². The summed E-state index contributed by atoms with van der Waals surface area (Å²) in [4.78, 5) is 32.4. The number of aliphatic hydroxyl groups is 1. The van der Waals surface area contributed by atoms with Crippen molar-refractivity contribution >= 4 is 28.7 Å². The van der Waals surface area contributed by atoms with E-state index < -0.39 is 29.3 Å². The number of hydrogen-bond donors (Lipinski definition) is 1. The second-order valence-corrected chi connectivity index (χ2v) is 8.41. The first kappa shape index (κ1) is 20.0. The van der Waals surface area contributed by atoms with Crippen molar-refractivity contribution in [3.8, 4) is 0 Å². The molecule has 0 saturated carbocycles. The lowest BCUT2D eigenvalue weighted by molar-refractivity contribution is -0.117. The Kier molecular flexibility index (Phi) is 4.99. The Bertz CT molecular complexity index is 1210. The maximum absolute atomic E-state index is 13.9. The number of aromatic nitrogens is 1. The van der Waals surface area contributed by atoms with Crippen molar-refractivity contribution in [3.05, 3.63) is 92.4 Å². The van der Waals surface area contributed by atoms with Crippen LogP contribution < -0.4 is 4.90 Å². The Morgan fingerprint density at radius 1 is 1.13 bits per heavy atom. The minimum absolute atomic E-state index is 0.0263. The zero-order valence-corrected chi connectivity index (χ0v) is 17.5. The highest BCUT2D eigenvalue weighted by molar-refractivity contribution is 7.14. The van der Waals surface area contributed by atoms with E-state index in [1.54, 1.807) is 26.0 Å². The number of carbonyl (C=O) groups is 2. The van der Waals surface area contributed by atoms with E-state index in [4.69, 9.17) is 0 Å². The first-order chi connectivity index (χ1) is 14.3. The highest BCUT2D eigenvalue weighted by Crippen LogP contribution is 2.43. The number of halogens is 1. The van der Waals surface area contributed by atoms with Crippen LogP contribution >= 0.6 is 11.3 Å². The molecule has 0 saturated heterocycles. The molecule has 1 N–H and O–H groups in total. The zero-order valence-electron chi connectivity index (χ0n) is 16.6. The molecular weight excluding hydrogens is 403 g/mol. The van der Waals surface area contributed by atoms with Gasteiger partial charge in [0.15, 0.2) is 5.76 Å². The molecule has 1 amide bonds. The molecule has 1 aliphatic heterocycles. The molecule has 0 fully saturated rings. The van der Waals surface area contributed by atoms with Gasteiger partial charge in [0.2, 0.25) is 5.78 Å². The molecule has 1 atom stereocenters. The summed E-state index contributed by atoms with van der Waals surface area (Å²) in [6.45, 7) is 5.41. The van der Waals surface area contributed by atoms with Crippen molar-refractivity contribution in [3.63, 3.8) is 0 Å². The number of aliphatic hydroxyl groups excluding tert-OH is 1. The van der Waals surface area contributed by atoms with Gasteiger partial charge in [-0.05, 0) is 44.5 Å². The molecule has 0 spiro atoms. The Balaban J connectivity index is 1.92. The van der Waals surface area contributed by atoms with E-state index in [1.807, 2.05) is 25.1 Å². The number of ketones is 1. The maximum Gasteiger partial charge on any atom is 0.294 e. The number of aryl methyl sites for hydroxylation is 3. The lowest BCUT2D eigenvalue weighted by Gasteiger charge is -2.27. The largest absolute Gasteiger partial charge is 0.503 e. The third kappa shape index (κ3) is 3.31. The number of hydrogen-bond acceptors (Lipinski definition) is 5. The van der Waals surface area contributed by atoms with Crippen molar-refractivity contribution in [1.29, 1.82) is 0 Å². The van der Waals surface area contributed by atoms with Gasteiger partial charge < -0.3 is 5.11 Å². The van der Waals surface area contributed by atoms with Crippen molar-refractivity contribution in [2.24, 2.45) is 0 Å². The molecule has 1 aliphatic rings. The molecule has 30 heavy (non-hydrogen) atoms. The summed E-state index contributed by atoms with van der Waals surface area (Å²) in [6.07, 6.45) is 0. The molecule has 1 unspecified atom stereocenters. The minimum atomic E-state index is -0.881. The maximum atomic E-state index is 13.9. The molecule has 4 rings (SSSR count). The van der Waals surface area contributed by atoms with E-state index in [9.17, 15) is 19.1 Å². The van der Waals surface area contributed by atoms with E-state index in [-0.39, 0.29) is 11.3 Å². The number of rotatable bonds is 4. The third-order valence-electron chi connectivity index (χ3n) is 5.01. The SMILES string of the molecule is Cc1cccc(C2C(C(=O)c3sc(C)nc3C)=C(O)C(=O)N2c2cccc(F)c2)c1. The predicted octanol–water partition coefficient (Wildman–Crippen LogP) is 4.99. The average Bonchev–Trinajstić information content (AvgIpc) is 3.17. The van der Waals surface area contributed by atoms with Crippen LogP contribution in [0.15, 0.2) is 59.9 Å². The standard InChI is InChI=1S/C23H19FN2O3S/c1-12-6-4-7-15(10-12)19-18(20(27)22-13(2)25-14(3)30-22)21(28)23(29)26(19)17-9-5-8-16(24)11-17/h4-11,19,28H,1-3H3. The molecule has 152 valence electrons. The van der Waals surface area contributed by atoms with E-state index in [2.05, 4.69) is 4.98 Å². The van der Waals surface area contributed by atoms with Crippen LogP contribution in [0.25, 0.3) is 0 Å². The fourth-order valence-electron chi connectivity index (χ4n) is 3.75. The first-order valence-corrected chi connectivity index (χ1v) is 10.2. The summed E-state index contributed by atoms with van der Waals surface area (Å²) >= 11 is 1.22. The molecular formula is C23H19FN2O3S. The lowest BCUT2D eigenvalue weighted by atomic mass is 9.94. The highest BCUT2D eigenvalue weighted by atomic mass is 32.1. The van der Waals surface area contributed by atoms with Crippen LogP contribution in [0.3, 0.4) is 0 Å². The van der Waals surface area contributed by atoms with Crippen molar-refractivity contribution in [1.82, 2.24) is 4.98 Å². The van der Waals surface area contributed by atoms with Gasteiger partial charge in [-0.2, -0.15) is 0 Å². The van der Waals surface area contributed by atoms with Gasteiger partial charge in [0.05, 0.1) is 27.2 Å². The molecule has 0 bridgehead atoms. The Morgan fingerprint density at radius 2 is 1.87 bits per heavy atom. The average molecular weight is 422 g/mol. The van der Waals surface area contributed by atoms with Crippen LogP contribution in [-0.4, -0.2) is 21.8 Å². The van der Waals surface area contributed by atoms with Crippen LogP contribution in [0.2, 0.25) is 0 Å². The number of Topliss-reactive ketones (excluding diaryl/α,β-unsaturated/α-hetero) is 1. The van der Waals surface area contributed by atoms with Crippen molar-refractivity contribution in [2.75, 3.05) is 4.90 Å². The van der Waals surface area contributed by atoms with Gasteiger partial charge in [-0.25, -0.2) is 9.37 Å². The van der Waals surface area contributed by atoms with Crippen LogP contribution in [-0.2, 0) is 4.79 Å². The first-order valence-electron chi connectivity index (χ1n) is 9.35. The fourth-order valence-corrected chi connectivity index (χ4v) is 4.62. The molecule has 2 heterocycles. The Hall–Kier alpha value is -3.32. The van der Waals surface area contributed by atoms with Gasteiger partial charge in [-0.3, -0.25) is 14.5 Å². The molecule has 1 aromatic heterocycles. The summed E-state index contributed by atoms with van der Waals surface area (Å²) in [7, 11) is 0. The van der Waals surface area contributed by atoms with E-state index in [0.717, 1.165) is 5.56 Å². The van der Waals surface area contributed by atoms with Gasteiger partial charge in [-0.1, -0.05) is 35.9 Å². The smallest absolute Gasteiger partial charge is 0.294 e. The second kappa shape index (κ2) is 7.50. The number of nitrogens with zero attached hydrogens (tertiary/aromatic N) is 2. The number of benzene rings is 2. The van der Waals surface area contributed by atoms with Gasteiger partial charge in [0.1, 0.15) is 5.82 Å². The van der Waals surface area contributed by atoms with Crippen LogP contribution in [0.5, 0.6) is 0 Å². The predicted molar refractivity (Wildman–Crippen MR) is 113 cm³/mol. The molecule has 5 nitrogen and oxygen atoms in total. The normalized spacial score (nSPS) is 16.5. The summed E-state index contributed by atoms with van der Waals surface area (Å²) in [5, 5.41) is 11.5. The molecule has 3 aromatic rings. The summed E-state index contributed by atoms with van der Waals surface area (Å²) in [5.74, 6) is -2.33. The van der Waals surface area contributed by atoms with Gasteiger partial charge in [-0.15, -0.1) is 11.3 Å². The molecule has 2 aromatic carbocycles. The molecule has 0 aliphatic carbocycles. The Labute approximate surface area is 177 Å². The lowest BCUT2D eigenvalue weighted by Crippen LogP contribution is -2.31. The summed E-state index contributed by atoms with van der Waals surface area (Å²) in [6, 6.07) is 12.0. The quantitative estimate of drug-likeness (QED) is 0.602. The topological polar surface area (TPSA) is 70.5 Å². The third-order valence-corrected chi connectivity index (χ3v) is 6.08. The van der Waals surface area contributed by atoms with Gasteiger partial charge in [0.25, 0.3) is 5.91 Å².